The van der Waals surface area contributed by atoms with Crippen LogP contribution in [0.4, 0.5) is 0 Å². The molecule has 0 aliphatic heterocycles. The molecule has 6 nitrogen and oxygen atoms in total. The minimum atomic E-state index is -1.19. The van der Waals surface area contributed by atoms with Crippen molar-refractivity contribution in [1.82, 2.24) is 5.06 Å². The average molecular weight is 253 g/mol. The Labute approximate surface area is 105 Å². The second-order valence-corrected chi connectivity index (χ2v) is 3.40. The highest BCUT2D eigenvalue weighted by Gasteiger charge is 2.31. The number of hydroxylamine groups is 2. The molecule has 18 heavy (non-hydrogen) atoms. The number of ether oxygens (including phenoxy) is 1. The monoisotopic (exact) mass is 253 g/mol. The van der Waals surface area contributed by atoms with E-state index in [0.717, 1.165) is 5.06 Å². The summed E-state index contributed by atoms with van der Waals surface area (Å²) < 4.78 is 4.50. The SMILES string of the molecule is COC(=O)C(CO)N(OC)C(=O)c1ccccc1. The van der Waals surface area contributed by atoms with Crippen molar-refractivity contribution >= 4 is 11.9 Å². The maximum Gasteiger partial charge on any atom is 0.333 e. The number of aliphatic hydroxyl groups is 1. The van der Waals surface area contributed by atoms with Gasteiger partial charge in [0.15, 0.2) is 6.04 Å². The summed E-state index contributed by atoms with van der Waals surface area (Å²) in [5.74, 6) is -1.27. The molecule has 1 amide bonds. The van der Waals surface area contributed by atoms with Crippen molar-refractivity contribution in [2.45, 2.75) is 6.04 Å². The van der Waals surface area contributed by atoms with Crippen LogP contribution in [0.1, 0.15) is 10.4 Å². The molecule has 0 aliphatic rings. The summed E-state index contributed by atoms with van der Waals surface area (Å²) in [5, 5.41) is 9.94. The van der Waals surface area contributed by atoms with Crippen LogP contribution in [0, 0.1) is 0 Å². The number of hydrogen-bond donors (Lipinski definition) is 1. The lowest BCUT2D eigenvalue weighted by Crippen LogP contribution is -2.47. The van der Waals surface area contributed by atoms with E-state index in [4.69, 9.17) is 9.94 Å². The summed E-state index contributed by atoms with van der Waals surface area (Å²) >= 11 is 0. The molecule has 1 aromatic carbocycles. The Morgan fingerprint density at radius 3 is 2.33 bits per heavy atom. The van der Waals surface area contributed by atoms with Crippen LogP contribution in [0.3, 0.4) is 0 Å². The number of nitrogens with zero attached hydrogens (tertiary/aromatic N) is 1. The summed E-state index contributed by atoms with van der Waals surface area (Å²) in [6, 6.07) is 7.12. The average Bonchev–Trinajstić information content (AvgIpc) is 2.44. The standard InChI is InChI=1S/C12H15NO5/c1-17-12(16)10(8-14)13(18-2)11(15)9-6-4-3-5-7-9/h3-7,10,14H,8H2,1-2H3. The third-order valence-corrected chi connectivity index (χ3v) is 2.35. The van der Waals surface area contributed by atoms with Gasteiger partial charge in [-0.1, -0.05) is 18.2 Å². The highest BCUT2D eigenvalue weighted by atomic mass is 16.7. The molecule has 0 radical (unpaired) electrons. The maximum absolute atomic E-state index is 12.1. The molecule has 0 fully saturated rings. The third-order valence-electron chi connectivity index (χ3n) is 2.35. The molecule has 98 valence electrons. The summed E-state index contributed by atoms with van der Waals surface area (Å²) in [7, 11) is 2.41. The van der Waals surface area contributed by atoms with Crippen LogP contribution in [-0.2, 0) is 14.4 Å². The zero-order chi connectivity index (χ0) is 13.5. The van der Waals surface area contributed by atoms with Gasteiger partial charge in [-0.2, -0.15) is 0 Å². The van der Waals surface area contributed by atoms with Crippen molar-refractivity contribution in [2.24, 2.45) is 0 Å². The Bertz CT molecular complexity index is 406. The minimum Gasteiger partial charge on any atom is -0.467 e. The molecule has 0 heterocycles. The van der Waals surface area contributed by atoms with Gasteiger partial charge in [-0.25, -0.2) is 9.86 Å². The number of amides is 1. The van der Waals surface area contributed by atoms with E-state index < -0.39 is 24.5 Å². The van der Waals surface area contributed by atoms with Gasteiger partial charge in [0.25, 0.3) is 5.91 Å². The Morgan fingerprint density at radius 2 is 1.89 bits per heavy atom. The molecule has 0 spiro atoms. The fourth-order valence-corrected chi connectivity index (χ4v) is 1.44. The van der Waals surface area contributed by atoms with Gasteiger partial charge >= 0.3 is 5.97 Å². The number of hydrogen-bond acceptors (Lipinski definition) is 5. The second kappa shape index (κ2) is 6.73. The lowest BCUT2D eigenvalue weighted by Gasteiger charge is -2.25. The molecule has 6 heteroatoms. The van der Waals surface area contributed by atoms with Crippen LogP contribution in [0.2, 0.25) is 0 Å². The Morgan fingerprint density at radius 1 is 1.28 bits per heavy atom. The van der Waals surface area contributed by atoms with Gasteiger partial charge < -0.3 is 9.84 Å². The first-order valence-electron chi connectivity index (χ1n) is 5.27. The predicted octanol–water partition coefficient (Wildman–Crippen LogP) is 0.224. The quantitative estimate of drug-likeness (QED) is 0.600. The predicted molar refractivity (Wildman–Crippen MR) is 62.5 cm³/mol. The molecule has 0 aliphatic carbocycles. The van der Waals surface area contributed by atoms with Gasteiger partial charge in [-0.15, -0.1) is 0 Å². The largest absolute Gasteiger partial charge is 0.467 e. The summed E-state index contributed by atoms with van der Waals surface area (Å²) in [6.45, 7) is -0.584. The number of aliphatic hydroxyl groups excluding tert-OH is 1. The van der Waals surface area contributed by atoms with Crippen molar-refractivity contribution < 1.29 is 24.3 Å². The maximum atomic E-state index is 12.1. The zero-order valence-corrected chi connectivity index (χ0v) is 10.2. The molecule has 1 aromatic rings. The first kappa shape index (κ1) is 14.1. The van der Waals surface area contributed by atoms with E-state index in [0.29, 0.717) is 5.56 Å². The number of methoxy groups -OCH3 is 1. The summed E-state index contributed by atoms with van der Waals surface area (Å²) in [5.41, 5.74) is 0.349. The van der Waals surface area contributed by atoms with Crippen molar-refractivity contribution in [3.8, 4) is 0 Å². The Kier molecular flexibility index (Phi) is 5.29. The zero-order valence-electron chi connectivity index (χ0n) is 10.2. The van der Waals surface area contributed by atoms with E-state index in [-0.39, 0.29) is 0 Å². The number of rotatable bonds is 5. The van der Waals surface area contributed by atoms with Crippen molar-refractivity contribution in [1.29, 1.82) is 0 Å². The van der Waals surface area contributed by atoms with Crippen LogP contribution in [0.25, 0.3) is 0 Å². The molecule has 0 bridgehead atoms. The van der Waals surface area contributed by atoms with E-state index in [1.54, 1.807) is 30.3 Å². The second-order valence-electron chi connectivity index (χ2n) is 3.40. The van der Waals surface area contributed by atoms with Gasteiger partial charge in [0.1, 0.15) is 0 Å². The number of carbonyl (C=O) groups is 2. The molecule has 1 rings (SSSR count). The minimum absolute atomic E-state index is 0.349. The summed E-state index contributed by atoms with van der Waals surface area (Å²) in [6.07, 6.45) is 0. The number of benzene rings is 1. The lowest BCUT2D eigenvalue weighted by atomic mass is 10.2. The van der Waals surface area contributed by atoms with Gasteiger partial charge in [0.2, 0.25) is 0 Å². The van der Waals surface area contributed by atoms with Crippen molar-refractivity contribution in [3.63, 3.8) is 0 Å². The Hall–Kier alpha value is -1.92. The van der Waals surface area contributed by atoms with Crippen molar-refractivity contribution in [2.75, 3.05) is 20.8 Å². The Balaban J connectivity index is 2.95. The molecular weight excluding hydrogens is 238 g/mol. The van der Waals surface area contributed by atoms with Gasteiger partial charge in [-0.05, 0) is 12.1 Å². The molecule has 1 unspecified atom stereocenters. The smallest absolute Gasteiger partial charge is 0.333 e. The van der Waals surface area contributed by atoms with Gasteiger partial charge in [0.05, 0.1) is 20.8 Å². The molecular formula is C12H15NO5. The van der Waals surface area contributed by atoms with Crippen LogP contribution in [0.15, 0.2) is 30.3 Å². The normalized spacial score (nSPS) is 11.7. The first-order chi connectivity index (χ1) is 8.65. The molecule has 0 aromatic heterocycles. The topological polar surface area (TPSA) is 76.1 Å². The van der Waals surface area contributed by atoms with E-state index in [1.165, 1.54) is 14.2 Å². The van der Waals surface area contributed by atoms with E-state index in [2.05, 4.69) is 4.74 Å². The molecule has 1 N–H and O–H groups in total. The molecule has 1 atom stereocenters. The first-order valence-corrected chi connectivity index (χ1v) is 5.27. The fraction of sp³-hybridized carbons (Fsp3) is 0.333. The highest BCUT2D eigenvalue weighted by Crippen LogP contribution is 2.09. The highest BCUT2D eigenvalue weighted by molar-refractivity contribution is 5.96. The van der Waals surface area contributed by atoms with Crippen LogP contribution < -0.4 is 0 Å². The van der Waals surface area contributed by atoms with E-state index >= 15 is 0 Å². The lowest BCUT2D eigenvalue weighted by molar-refractivity contribution is -0.173. The van der Waals surface area contributed by atoms with Crippen LogP contribution in [0.5, 0.6) is 0 Å². The van der Waals surface area contributed by atoms with Crippen LogP contribution >= 0.6 is 0 Å². The van der Waals surface area contributed by atoms with Gasteiger partial charge in [0, 0.05) is 5.56 Å². The van der Waals surface area contributed by atoms with Crippen LogP contribution in [-0.4, -0.2) is 48.9 Å². The number of carbonyl (C=O) groups excluding carboxylic acids is 2. The fourth-order valence-electron chi connectivity index (χ4n) is 1.44. The molecule has 0 saturated carbocycles. The summed E-state index contributed by atoms with van der Waals surface area (Å²) in [4.78, 5) is 28.4. The number of esters is 1. The third kappa shape index (κ3) is 3.06. The van der Waals surface area contributed by atoms with E-state index in [1.807, 2.05) is 0 Å². The van der Waals surface area contributed by atoms with E-state index in [9.17, 15) is 9.59 Å². The molecule has 0 saturated heterocycles. The van der Waals surface area contributed by atoms with Gasteiger partial charge in [-0.3, -0.25) is 9.63 Å². The van der Waals surface area contributed by atoms with Crippen molar-refractivity contribution in [3.05, 3.63) is 35.9 Å².